The number of amides is 2. The molecule has 0 radical (unpaired) electrons. The van der Waals surface area contributed by atoms with Crippen molar-refractivity contribution in [3.8, 4) is 11.3 Å². The molecule has 0 spiro atoms. The first-order valence-corrected chi connectivity index (χ1v) is 10.5. The molecule has 32 heavy (non-hydrogen) atoms. The van der Waals surface area contributed by atoms with Crippen molar-refractivity contribution >= 4 is 11.9 Å². The van der Waals surface area contributed by atoms with Crippen LogP contribution in [0.4, 0.5) is 13.6 Å². The summed E-state index contributed by atoms with van der Waals surface area (Å²) >= 11 is 0. The maximum absolute atomic E-state index is 13.8. The van der Waals surface area contributed by atoms with Crippen LogP contribution in [0.1, 0.15) is 32.0 Å². The average Bonchev–Trinajstić information content (AvgIpc) is 3.10. The highest BCUT2D eigenvalue weighted by Gasteiger charge is 2.40. The highest BCUT2D eigenvalue weighted by atomic mass is 19.2. The summed E-state index contributed by atoms with van der Waals surface area (Å²) in [6.07, 6.45) is -0.140. The monoisotopic (exact) mass is 448 g/mol. The zero-order chi connectivity index (χ0) is 23.2. The number of carbonyl (C=O) groups excluding carboxylic acids is 2. The minimum atomic E-state index is -1.01. The molecule has 0 bridgehead atoms. The molecule has 2 N–H and O–H groups in total. The van der Waals surface area contributed by atoms with E-state index in [4.69, 9.17) is 4.74 Å². The van der Waals surface area contributed by atoms with E-state index in [0.29, 0.717) is 35.5 Å². The predicted octanol–water partition coefficient (Wildman–Crippen LogP) is 2.08. The number of aromatic nitrogens is 2. The van der Waals surface area contributed by atoms with Crippen LogP contribution in [-0.4, -0.2) is 63.6 Å². The van der Waals surface area contributed by atoms with Gasteiger partial charge in [-0.25, -0.2) is 13.6 Å². The molecule has 2 aromatic rings. The number of rotatable bonds is 3. The highest BCUT2D eigenvalue weighted by Crippen LogP contribution is 2.30. The van der Waals surface area contributed by atoms with E-state index in [1.807, 2.05) is 20.8 Å². The molecule has 2 aliphatic rings. The Labute approximate surface area is 184 Å². The van der Waals surface area contributed by atoms with E-state index < -0.39 is 35.2 Å². The number of halogens is 2. The van der Waals surface area contributed by atoms with E-state index in [-0.39, 0.29) is 25.6 Å². The van der Waals surface area contributed by atoms with Crippen LogP contribution in [0.15, 0.2) is 18.2 Å². The number of fused-ring (bicyclic) bond motifs is 1. The molecule has 2 aliphatic heterocycles. The standard InChI is InChI=1S/C22H26F2N4O4/c1-22(2,3)19(20(30)27-9-13(29)10-27)25-21(31)28-17-6-7-32-11-14(17)18(26-28)12-4-5-15(23)16(24)8-12/h4-5,8,13,19,29H,6-7,9-11H2,1-3H3,(H,25,31)/t19-/m1/s1. The molecule has 0 unspecified atom stereocenters. The average molecular weight is 448 g/mol. The second-order valence-corrected chi connectivity index (χ2v) is 9.26. The summed E-state index contributed by atoms with van der Waals surface area (Å²) in [6, 6.07) is 2.01. The predicted molar refractivity (Wildman–Crippen MR) is 111 cm³/mol. The molecule has 0 saturated carbocycles. The topological polar surface area (TPSA) is 96.7 Å². The third-order valence-electron chi connectivity index (χ3n) is 5.76. The zero-order valence-corrected chi connectivity index (χ0v) is 18.2. The van der Waals surface area contributed by atoms with Gasteiger partial charge in [-0.15, -0.1) is 0 Å². The summed E-state index contributed by atoms with van der Waals surface area (Å²) in [7, 11) is 0. The Balaban J connectivity index is 1.66. The van der Waals surface area contributed by atoms with Crippen LogP contribution in [0.2, 0.25) is 0 Å². The smallest absolute Gasteiger partial charge is 0.343 e. The van der Waals surface area contributed by atoms with Crippen molar-refractivity contribution in [2.45, 2.75) is 45.9 Å². The quantitative estimate of drug-likeness (QED) is 0.750. The van der Waals surface area contributed by atoms with Crippen LogP contribution in [0.3, 0.4) is 0 Å². The Hall–Kier alpha value is -2.85. The number of benzene rings is 1. The van der Waals surface area contributed by atoms with Crippen molar-refractivity contribution in [2.75, 3.05) is 19.7 Å². The van der Waals surface area contributed by atoms with Crippen LogP contribution in [-0.2, 0) is 22.6 Å². The molecular formula is C22H26F2N4O4. The molecule has 2 amide bonds. The van der Waals surface area contributed by atoms with Gasteiger partial charge in [0.1, 0.15) is 6.04 Å². The lowest BCUT2D eigenvalue weighted by Crippen LogP contribution is -2.62. The number of hydrogen-bond acceptors (Lipinski definition) is 5. The van der Waals surface area contributed by atoms with Gasteiger partial charge in [0.05, 0.1) is 30.7 Å². The number of nitrogens with one attached hydrogen (secondary N) is 1. The van der Waals surface area contributed by atoms with E-state index in [9.17, 15) is 23.5 Å². The Kier molecular flexibility index (Phi) is 5.76. The van der Waals surface area contributed by atoms with Crippen LogP contribution in [0.5, 0.6) is 0 Å². The van der Waals surface area contributed by atoms with Crippen molar-refractivity contribution < 1.29 is 28.2 Å². The Bertz CT molecular complexity index is 1060. The maximum Gasteiger partial charge on any atom is 0.343 e. The molecule has 3 heterocycles. The summed E-state index contributed by atoms with van der Waals surface area (Å²) < 4.78 is 33.9. The second kappa shape index (κ2) is 8.25. The van der Waals surface area contributed by atoms with Crippen molar-refractivity contribution in [2.24, 2.45) is 5.41 Å². The van der Waals surface area contributed by atoms with Crippen LogP contribution < -0.4 is 5.32 Å². The molecule has 1 saturated heterocycles. The number of β-amino-alcohol motifs (C(OH)–C–C–N with tert-alkyl or cyclic N) is 1. The molecule has 8 nitrogen and oxygen atoms in total. The fourth-order valence-electron chi connectivity index (χ4n) is 3.93. The molecule has 172 valence electrons. The summed E-state index contributed by atoms with van der Waals surface area (Å²) in [5, 5.41) is 16.7. The number of carbonyl (C=O) groups is 2. The van der Waals surface area contributed by atoms with Gasteiger partial charge in [-0.1, -0.05) is 20.8 Å². The fraction of sp³-hybridized carbons (Fsp3) is 0.500. The molecule has 1 fully saturated rings. The number of aliphatic hydroxyl groups excluding tert-OH is 1. The van der Waals surface area contributed by atoms with E-state index >= 15 is 0 Å². The Morgan fingerprint density at radius 1 is 1.25 bits per heavy atom. The van der Waals surface area contributed by atoms with Gasteiger partial charge in [-0.2, -0.15) is 9.78 Å². The lowest BCUT2D eigenvalue weighted by molar-refractivity contribution is -0.145. The first-order valence-electron chi connectivity index (χ1n) is 10.5. The lowest BCUT2D eigenvalue weighted by atomic mass is 9.85. The molecule has 0 aliphatic carbocycles. The van der Waals surface area contributed by atoms with Gasteiger partial charge in [0.25, 0.3) is 0 Å². The summed E-state index contributed by atoms with van der Waals surface area (Å²) in [6.45, 7) is 6.55. The molecule has 10 heteroatoms. The largest absolute Gasteiger partial charge is 0.389 e. The van der Waals surface area contributed by atoms with Gasteiger partial charge >= 0.3 is 6.03 Å². The van der Waals surface area contributed by atoms with Crippen LogP contribution in [0, 0.1) is 17.0 Å². The molecular weight excluding hydrogens is 422 g/mol. The molecule has 1 atom stereocenters. The van der Waals surface area contributed by atoms with Crippen LogP contribution >= 0.6 is 0 Å². The first-order chi connectivity index (χ1) is 15.1. The van der Waals surface area contributed by atoms with Gasteiger partial charge < -0.3 is 20.1 Å². The normalized spacial score (nSPS) is 17.5. The van der Waals surface area contributed by atoms with Gasteiger partial charge in [0.15, 0.2) is 11.6 Å². The zero-order valence-electron chi connectivity index (χ0n) is 18.2. The third-order valence-corrected chi connectivity index (χ3v) is 5.76. The Morgan fingerprint density at radius 2 is 1.97 bits per heavy atom. The van der Waals surface area contributed by atoms with Crippen molar-refractivity contribution in [3.63, 3.8) is 0 Å². The third kappa shape index (κ3) is 4.12. The van der Waals surface area contributed by atoms with Crippen molar-refractivity contribution in [1.82, 2.24) is 20.0 Å². The molecule has 4 rings (SSSR count). The first kappa shape index (κ1) is 22.3. The van der Waals surface area contributed by atoms with Gasteiger partial charge in [-0.05, 0) is 23.6 Å². The summed E-state index contributed by atoms with van der Waals surface area (Å²) in [4.78, 5) is 27.7. The number of aliphatic hydroxyl groups is 1. The van der Waals surface area contributed by atoms with Gasteiger partial charge in [-0.3, -0.25) is 4.79 Å². The van der Waals surface area contributed by atoms with E-state index in [0.717, 1.165) is 12.1 Å². The van der Waals surface area contributed by atoms with E-state index in [1.165, 1.54) is 15.6 Å². The summed E-state index contributed by atoms with van der Waals surface area (Å²) in [5.74, 6) is -2.26. The van der Waals surface area contributed by atoms with Crippen molar-refractivity contribution in [3.05, 3.63) is 41.1 Å². The number of nitrogens with zero attached hydrogens (tertiary/aromatic N) is 3. The SMILES string of the molecule is CC(C)(C)[C@H](NC(=O)n1nc(-c2ccc(F)c(F)c2)c2c1CCOC2)C(=O)N1CC(O)C1. The summed E-state index contributed by atoms with van der Waals surface area (Å²) in [5.41, 5.74) is 1.30. The maximum atomic E-state index is 13.8. The Morgan fingerprint density at radius 3 is 2.59 bits per heavy atom. The number of hydrogen-bond donors (Lipinski definition) is 2. The van der Waals surface area contributed by atoms with Gasteiger partial charge in [0.2, 0.25) is 5.91 Å². The number of likely N-dealkylation sites (tertiary alicyclic amines) is 1. The molecule has 1 aromatic carbocycles. The van der Waals surface area contributed by atoms with E-state index in [1.54, 1.807) is 0 Å². The van der Waals surface area contributed by atoms with Crippen LogP contribution in [0.25, 0.3) is 11.3 Å². The minimum Gasteiger partial charge on any atom is -0.389 e. The lowest BCUT2D eigenvalue weighted by Gasteiger charge is -2.41. The fourth-order valence-corrected chi connectivity index (χ4v) is 3.93. The van der Waals surface area contributed by atoms with Crippen molar-refractivity contribution in [1.29, 1.82) is 0 Å². The molecule has 1 aromatic heterocycles. The number of ether oxygens (including phenoxy) is 1. The highest BCUT2D eigenvalue weighted by molar-refractivity contribution is 5.89. The minimum absolute atomic E-state index is 0.185. The van der Waals surface area contributed by atoms with E-state index in [2.05, 4.69) is 10.4 Å². The van der Waals surface area contributed by atoms with Gasteiger partial charge in [0, 0.05) is 30.6 Å². The second-order valence-electron chi connectivity index (χ2n) is 9.26.